The molecular weight excluding hydrogens is 210 g/mol. The first kappa shape index (κ1) is 9.85. The summed E-state index contributed by atoms with van der Waals surface area (Å²) in [6, 6.07) is 18.2. The Bertz CT molecular complexity index is 703. The molecule has 0 saturated carbocycles. The van der Waals surface area contributed by atoms with Gasteiger partial charge >= 0.3 is 6.41 Å². The first-order chi connectivity index (χ1) is 8.38. The van der Waals surface area contributed by atoms with Crippen molar-refractivity contribution < 1.29 is 4.79 Å². The first-order valence-electron chi connectivity index (χ1n) is 5.43. The van der Waals surface area contributed by atoms with Gasteiger partial charge in [-0.05, 0) is 34.4 Å². The zero-order chi connectivity index (χ0) is 11.7. The van der Waals surface area contributed by atoms with Crippen molar-refractivity contribution in [1.82, 2.24) is 0 Å². The van der Waals surface area contributed by atoms with E-state index >= 15 is 0 Å². The summed E-state index contributed by atoms with van der Waals surface area (Å²) in [5.74, 6) is 0. The van der Waals surface area contributed by atoms with Gasteiger partial charge in [0, 0.05) is 11.1 Å². The van der Waals surface area contributed by atoms with Crippen LogP contribution in [-0.2, 0) is 4.79 Å². The second kappa shape index (κ2) is 3.91. The first-order valence-corrected chi connectivity index (χ1v) is 5.43. The third-order valence-corrected chi connectivity index (χ3v) is 2.93. The highest BCUT2D eigenvalue weighted by Crippen LogP contribution is 2.27. The Balaban J connectivity index is 2.39. The van der Waals surface area contributed by atoms with Crippen molar-refractivity contribution in [2.24, 2.45) is 0 Å². The van der Waals surface area contributed by atoms with Gasteiger partial charge in [0.05, 0.1) is 0 Å². The Morgan fingerprint density at radius 1 is 0.824 bits per heavy atom. The molecule has 1 amide bonds. The zero-order valence-corrected chi connectivity index (χ0v) is 9.10. The molecule has 0 fully saturated rings. The fourth-order valence-electron chi connectivity index (χ4n) is 2.13. The molecule has 0 unspecified atom stereocenters. The molecule has 3 aromatic carbocycles. The van der Waals surface area contributed by atoms with Crippen molar-refractivity contribution >= 4 is 33.6 Å². The van der Waals surface area contributed by atoms with Crippen molar-refractivity contribution in [1.29, 1.82) is 0 Å². The molecule has 81 valence electrons. The second-order valence-corrected chi connectivity index (χ2v) is 3.95. The molecule has 17 heavy (non-hydrogen) atoms. The summed E-state index contributed by atoms with van der Waals surface area (Å²) in [6.07, 6.45) is 1.72. The van der Waals surface area contributed by atoms with Crippen LogP contribution in [0.25, 0.3) is 21.5 Å². The van der Waals surface area contributed by atoms with Gasteiger partial charge in [0.1, 0.15) is 0 Å². The smallest absolute Gasteiger partial charge is 0.314 e. The van der Waals surface area contributed by atoms with E-state index in [-0.39, 0.29) is 0 Å². The van der Waals surface area contributed by atoms with Crippen LogP contribution in [0.15, 0.2) is 54.6 Å². The fraction of sp³-hybridized carbons (Fsp3) is 0. The molecule has 3 aromatic rings. The highest BCUT2D eigenvalue weighted by Gasteiger charge is 2.02. The third-order valence-electron chi connectivity index (χ3n) is 2.93. The van der Waals surface area contributed by atoms with E-state index in [1.54, 1.807) is 6.41 Å². The highest BCUT2D eigenvalue weighted by molar-refractivity contribution is 6.05. The third kappa shape index (κ3) is 1.64. The molecule has 0 heterocycles. The van der Waals surface area contributed by atoms with Gasteiger partial charge in [0.2, 0.25) is 0 Å². The molecular formula is C15H10NO. The normalized spacial score (nSPS) is 10.6. The van der Waals surface area contributed by atoms with Crippen molar-refractivity contribution in [3.63, 3.8) is 0 Å². The zero-order valence-electron chi connectivity index (χ0n) is 9.10. The van der Waals surface area contributed by atoms with Crippen molar-refractivity contribution in [3.8, 4) is 0 Å². The van der Waals surface area contributed by atoms with Crippen molar-refractivity contribution in [2.45, 2.75) is 0 Å². The molecule has 0 aliphatic rings. The van der Waals surface area contributed by atoms with Gasteiger partial charge in [0.15, 0.2) is 0 Å². The monoisotopic (exact) mass is 220 g/mol. The molecule has 0 aliphatic heterocycles. The lowest BCUT2D eigenvalue weighted by molar-refractivity contribution is 0.561. The van der Waals surface area contributed by atoms with Gasteiger partial charge in [-0.2, -0.15) is 0 Å². The van der Waals surface area contributed by atoms with Crippen LogP contribution in [0.5, 0.6) is 0 Å². The number of fused-ring (bicyclic) bond motifs is 2. The Kier molecular flexibility index (Phi) is 2.26. The molecule has 3 rings (SSSR count). The Hall–Kier alpha value is -2.35. The van der Waals surface area contributed by atoms with Crippen LogP contribution in [0, 0.1) is 0 Å². The molecule has 0 aliphatic carbocycles. The van der Waals surface area contributed by atoms with E-state index in [2.05, 4.69) is 29.6 Å². The molecule has 0 saturated heterocycles. The number of benzene rings is 3. The molecule has 0 spiro atoms. The fourth-order valence-corrected chi connectivity index (χ4v) is 2.13. The quantitative estimate of drug-likeness (QED) is 0.520. The molecule has 0 aromatic heterocycles. The van der Waals surface area contributed by atoms with E-state index in [0.29, 0.717) is 0 Å². The Morgan fingerprint density at radius 2 is 1.53 bits per heavy atom. The molecule has 0 atom stereocenters. The Labute approximate surface area is 98.9 Å². The maximum atomic E-state index is 10.4. The summed E-state index contributed by atoms with van der Waals surface area (Å²) in [4.78, 5) is 10.4. The number of hydrogen-bond donors (Lipinski definition) is 1. The number of nitrogens with one attached hydrogen (secondary N) is 1. The average molecular weight is 220 g/mol. The van der Waals surface area contributed by atoms with Gasteiger partial charge in [-0.25, -0.2) is 0 Å². The van der Waals surface area contributed by atoms with Gasteiger partial charge in [-0.3, -0.25) is 4.79 Å². The van der Waals surface area contributed by atoms with Crippen molar-refractivity contribution in [3.05, 3.63) is 54.6 Å². The summed E-state index contributed by atoms with van der Waals surface area (Å²) in [5.41, 5.74) is 0.795. The number of rotatable bonds is 2. The lowest BCUT2D eigenvalue weighted by Crippen LogP contribution is -1.94. The summed E-state index contributed by atoms with van der Waals surface area (Å²) in [6.45, 7) is 0. The van der Waals surface area contributed by atoms with Crippen LogP contribution in [0.1, 0.15) is 0 Å². The van der Waals surface area contributed by atoms with E-state index in [0.717, 1.165) is 16.5 Å². The average Bonchev–Trinajstić information content (AvgIpc) is 2.37. The van der Waals surface area contributed by atoms with E-state index < -0.39 is 0 Å². The van der Waals surface area contributed by atoms with E-state index in [4.69, 9.17) is 0 Å². The standard InChI is InChI=1S/C15H10NO/c17-10-16-15-7-3-6-13-8-11-4-1-2-5-12(11)9-14(13)15/h1-9H,(H,16,17). The van der Waals surface area contributed by atoms with E-state index in [9.17, 15) is 4.79 Å². The largest absolute Gasteiger partial charge is 0.317 e. The van der Waals surface area contributed by atoms with E-state index in [1.807, 2.05) is 30.3 Å². The van der Waals surface area contributed by atoms with Gasteiger partial charge in [-0.1, -0.05) is 36.4 Å². The Morgan fingerprint density at radius 3 is 2.29 bits per heavy atom. The molecule has 0 bridgehead atoms. The minimum absolute atomic E-state index is 0.795. The second-order valence-electron chi connectivity index (χ2n) is 3.95. The lowest BCUT2D eigenvalue weighted by Gasteiger charge is -2.06. The maximum absolute atomic E-state index is 10.4. The summed E-state index contributed by atoms with van der Waals surface area (Å²) in [7, 11) is 0. The SMILES string of the molecule is O=[C]Nc1cccc2cc3ccccc3cc12. The molecule has 1 N–H and O–H groups in total. The lowest BCUT2D eigenvalue weighted by atomic mass is 10.0. The van der Waals surface area contributed by atoms with Gasteiger partial charge in [0.25, 0.3) is 0 Å². The number of hydrogen-bond acceptors (Lipinski definition) is 1. The minimum atomic E-state index is 0.795. The van der Waals surface area contributed by atoms with Gasteiger partial charge < -0.3 is 5.32 Å². The topological polar surface area (TPSA) is 29.1 Å². The summed E-state index contributed by atoms with van der Waals surface area (Å²) < 4.78 is 0. The predicted octanol–water partition coefficient (Wildman–Crippen LogP) is 3.47. The van der Waals surface area contributed by atoms with Crippen LogP contribution in [0.2, 0.25) is 0 Å². The minimum Gasteiger partial charge on any atom is -0.317 e. The van der Waals surface area contributed by atoms with Crippen LogP contribution >= 0.6 is 0 Å². The number of carbonyl (C=O) groups excluding carboxylic acids is 1. The van der Waals surface area contributed by atoms with Crippen LogP contribution in [0.3, 0.4) is 0 Å². The van der Waals surface area contributed by atoms with Crippen molar-refractivity contribution in [2.75, 3.05) is 5.32 Å². The summed E-state index contributed by atoms with van der Waals surface area (Å²) >= 11 is 0. The van der Waals surface area contributed by atoms with E-state index in [1.165, 1.54) is 10.8 Å². The number of anilines is 1. The maximum Gasteiger partial charge on any atom is 0.314 e. The summed E-state index contributed by atoms with van der Waals surface area (Å²) in [5, 5.41) is 7.13. The van der Waals surface area contributed by atoms with Crippen LogP contribution in [0.4, 0.5) is 5.69 Å². The predicted molar refractivity (Wildman–Crippen MR) is 70.8 cm³/mol. The van der Waals surface area contributed by atoms with Crippen LogP contribution in [-0.4, -0.2) is 6.41 Å². The molecule has 1 radical (unpaired) electrons. The van der Waals surface area contributed by atoms with Crippen LogP contribution < -0.4 is 5.32 Å². The van der Waals surface area contributed by atoms with Gasteiger partial charge in [-0.15, -0.1) is 0 Å². The molecule has 2 nitrogen and oxygen atoms in total. The molecule has 2 heteroatoms. The number of amides is 1. The highest BCUT2D eigenvalue weighted by atomic mass is 16.1.